The molecule has 3 N–H and O–H groups in total. The Bertz CT molecular complexity index is 241. The normalized spacial score (nSPS) is 14.2. The quantitative estimate of drug-likeness (QED) is 0.794. The smallest absolute Gasteiger partial charge is 0.0527 e. The molecule has 80 valence electrons. The lowest BCUT2D eigenvalue weighted by Crippen LogP contribution is -2.27. The first-order chi connectivity index (χ1) is 6.18. The first-order valence-electron chi connectivity index (χ1n) is 4.52. The fraction of sp³-hybridized carbons (Fsp3) is 0.500. The Morgan fingerprint density at radius 2 is 2.21 bits per heavy atom. The van der Waals surface area contributed by atoms with Crippen LogP contribution in [0.4, 0.5) is 0 Å². The van der Waals surface area contributed by atoms with Gasteiger partial charge in [-0.05, 0) is 25.5 Å². The number of rotatable bonds is 4. The van der Waals surface area contributed by atoms with Gasteiger partial charge in [0.25, 0.3) is 0 Å². The molecule has 1 aromatic rings. The molecule has 0 bridgehead atoms. The summed E-state index contributed by atoms with van der Waals surface area (Å²) in [5.74, 6) is 0. The van der Waals surface area contributed by atoms with E-state index in [1.54, 1.807) is 13.1 Å². The van der Waals surface area contributed by atoms with Crippen molar-refractivity contribution in [3.8, 4) is 0 Å². The highest BCUT2D eigenvalue weighted by molar-refractivity contribution is 5.85. The second kappa shape index (κ2) is 6.76. The van der Waals surface area contributed by atoms with Gasteiger partial charge in [0, 0.05) is 24.4 Å². The number of aliphatic hydroxyl groups is 1. The van der Waals surface area contributed by atoms with Gasteiger partial charge < -0.3 is 10.8 Å². The van der Waals surface area contributed by atoms with E-state index >= 15 is 0 Å². The van der Waals surface area contributed by atoms with Gasteiger partial charge in [-0.3, -0.25) is 4.98 Å². The molecule has 1 heterocycles. The maximum atomic E-state index is 9.10. The van der Waals surface area contributed by atoms with Crippen LogP contribution in [0.25, 0.3) is 0 Å². The van der Waals surface area contributed by atoms with E-state index in [4.69, 9.17) is 10.8 Å². The molecule has 0 aliphatic rings. The molecule has 4 heteroatoms. The topological polar surface area (TPSA) is 59.1 Å². The zero-order valence-electron chi connectivity index (χ0n) is 8.26. The molecule has 3 nitrogen and oxygen atoms in total. The van der Waals surface area contributed by atoms with Crippen LogP contribution < -0.4 is 5.73 Å². The summed E-state index contributed by atoms with van der Waals surface area (Å²) in [7, 11) is 0. The lowest BCUT2D eigenvalue weighted by molar-refractivity contribution is 0.174. The summed E-state index contributed by atoms with van der Waals surface area (Å²) in [6.07, 6.45) is 2.77. The van der Waals surface area contributed by atoms with Crippen molar-refractivity contribution in [2.45, 2.75) is 31.9 Å². The van der Waals surface area contributed by atoms with E-state index < -0.39 is 0 Å². The van der Waals surface area contributed by atoms with E-state index in [2.05, 4.69) is 4.98 Å². The Kier molecular flexibility index (Phi) is 6.45. The minimum absolute atomic E-state index is 0. The molecular formula is C10H17ClN2O. The van der Waals surface area contributed by atoms with Crippen molar-refractivity contribution in [1.82, 2.24) is 4.98 Å². The van der Waals surface area contributed by atoms with Crippen LogP contribution in [0.3, 0.4) is 0 Å². The molecule has 0 saturated heterocycles. The van der Waals surface area contributed by atoms with Crippen molar-refractivity contribution in [3.05, 3.63) is 30.1 Å². The predicted octanol–water partition coefficient (Wildman–Crippen LogP) is 1.14. The molecule has 2 atom stereocenters. The first-order valence-corrected chi connectivity index (χ1v) is 4.52. The van der Waals surface area contributed by atoms with Gasteiger partial charge in [-0.2, -0.15) is 0 Å². The first kappa shape index (κ1) is 13.4. The maximum absolute atomic E-state index is 9.10. The third-order valence-corrected chi connectivity index (χ3v) is 1.84. The summed E-state index contributed by atoms with van der Waals surface area (Å²) in [6, 6.07) is 5.76. The Morgan fingerprint density at radius 1 is 1.50 bits per heavy atom. The minimum atomic E-state index is -0.335. The number of nitrogens with two attached hydrogens (primary N) is 1. The number of aliphatic hydroxyl groups excluding tert-OH is 1. The lowest BCUT2D eigenvalue weighted by Gasteiger charge is -2.12. The Hall–Kier alpha value is -0.640. The molecule has 0 spiro atoms. The third-order valence-electron chi connectivity index (χ3n) is 1.84. The fourth-order valence-corrected chi connectivity index (χ4v) is 1.31. The van der Waals surface area contributed by atoms with E-state index in [1.807, 2.05) is 18.2 Å². The molecule has 1 rings (SSSR count). The van der Waals surface area contributed by atoms with Crippen LogP contribution in [0.2, 0.25) is 0 Å². The molecule has 0 aromatic carbocycles. The van der Waals surface area contributed by atoms with Gasteiger partial charge in [-0.15, -0.1) is 12.4 Å². The standard InChI is InChI=1S/C10H16N2O.ClH/c1-8(13)6-9(11)7-10-4-2-3-5-12-10;/h2-5,8-9,13H,6-7,11H2,1H3;1H/t8-,9-;/m0./s1. The molecule has 0 unspecified atom stereocenters. The number of aromatic nitrogens is 1. The Labute approximate surface area is 90.8 Å². The monoisotopic (exact) mass is 216 g/mol. The van der Waals surface area contributed by atoms with Crippen LogP contribution in [0, 0.1) is 0 Å². The van der Waals surface area contributed by atoms with E-state index in [-0.39, 0.29) is 24.6 Å². The van der Waals surface area contributed by atoms with Crippen LogP contribution >= 0.6 is 12.4 Å². The van der Waals surface area contributed by atoms with Gasteiger partial charge in [-0.1, -0.05) is 6.07 Å². The van der Waals surface area contributed by atoms with Crippen molar-refractivity contribution < 1.29 is 5.11 Å². The van der Waals surface area contributed by atoms with Crippen molar-refractivity contribution in [2.24, 2.45) is 5.73 Å². The lowest BCUT2D eigenvalue weighted by atomic mass is 10.1. The third kappa shape index (κ3) is 5.17. The van der Waals surface area contributed by atoms with E-state index in [9.17, 15) is 0 Å². The highest BCUT2D eigenvalue weighted by atomic mass is 35.5. The van der Waals surface area contributed by atoms with Gasteiger partial charge >= 0.3 is 0 Å². The highest BCUT2D eigenvalue weighted by Gasteiger charge is 2.07. The molecular weight excluding hydrogens is 200 g/mol. The van der Waals surface area contributed by atoms with Gasteiger partial charge in [-0.25, -0.2) is 0 Å². The maximum Gasteiger partial charge on any atom is 0.0527 e. The minimum Gasteiger partial charge on any atom is -0.393 e. The molecule has 0 saturated carbocycles. The summed E-state index contributed by atoms with van der Waals surface area (Å²) >= 11 is 0. The summed E-state index contributed by atoms with van der Waals surface area (Å²) in [4.78, 5) is 4.16. The molecule has 0 fully saturated rings. The Morgan fingerprint density at radius 3 is 2.71 bits per heavy atom. The number of nitrogens with zero attached hydrogens (tertiary/aromatic N) is 1. The summed E-state index contributed by atoms with van der Waals surface area (Å²) < 4.78 is 0. The van der Waals surface area contributed by atoms with Gasteiger partial charge in [0.2, 0.25) is 0 Å². The van der Waals surface area contributed by atoms with E-state index in [0.717, 1.165) is 12.1 Å². The molecule has 0 amide bonds. The van der Waals surface area contributed by atoms with Crippen LogP contribution in [0.5, 0.6) is 0 Å². The van der Waals surface area contributed by atoms with Crippen LogP contribution in [0.1, 0.15) is 19.0 Å². The zero-order chi connectivity index (χ0) is 9.68. The van der Waals surface area contributed by atoms with Crippen LogP contribution in [0.15, 0.2) is 24.4 Å². The van der Waals surface area contributed by atoms with Crippen molar-refractivity contribution in [3.63, 3.8) is 0 Å². The van der Waals surface area contributed by atoms with Gasteiger partial charge in [0.05, 0.1) is 6.10 Å². The molecule has 0 aliphatic heterocycles. The molecule has 0 aliphatic carbocycles. The van der Waals surface area contributed by atoms with E-state index in [0.29, 0.717) is 6.42 Å². The largest absolute Gasteiger partial charge is 0.393 e. The summed E-state index contributed by atoms with van der Waals surface area (Å²) in [6.45, 7) is 1.75. The molecule has 1 aromatic heterocycles. The van der Waals surface area contributed by atoms with Crippen molar-refractivity contribution in [1.29, 1.82) is 0 Å². The average Bonchev–Trinajstić information content (AvgIpc) is 2.04. The number of hydrogen-bond donors (Lipinski definition) is 2. The number of pyridine rings is 1. The summed E-state index contributed by atoms with van der Waals surface area (Å²) in [5.41, 5.74) is 6.79. The SMILES string of the molecule is C[C@H](O)C[C@H](N)Cc1ccccn1.Cl. The Balaban J connectivity index is 0.00000169. The van der Waals surface area contributed by atoms with Gasteiger partial charge in [0.1, 0.15) is 0 Å². The fourth-order valence-electron chi connectivity index (χ4n) is 1.31. The number of halogens is 1. The van der Waals surface area contributed by atoms with Crippen LogP contribution in [-0.4, -0.2) is 22.2 Å². The predicted molar refractivity (Wildman–Crippen MR) is 59.5 cm³/mol. The second-order valence-corrected chi connectivity index (χ2v) is 3.37. The highest BCUT2D eigenvalue weighted by Crippen LogP contribution is 2.02. The average molecular weight is 217 g/mol. The zero-order valence-corrected chi connectivity index (χ0v) is 9.07. The summed E-state index contributed by atoms with van der Waals surface area (Å²) in [5, 5.41) is 9.10. The molecule has 14 heavy (non-hydrogen) atoms. The van der Waals surface area contributed by atoms with Crippen molar-refractivity contribution in [2.75, 3.05) is 0 Å². The van der Waals surface area contributed by atoms with Crippen molar-refractivity contribution >= 4 is 12.4 Å². The van der Waals surface area contributed by atoms with E-state index in [1.165, 1.54) is 0 Å². The van der Waals surface area contributed by atoms with Crippen LogP contribution in [-0.2, 0) is 6.42 Å². The molecule has 0 radical (unpaired) electrons. The van der Waals surface area contributed by atoms with Gasteiger partial charge in [0.15, 0.2) is 0 Å². The number of hydrogen-bond acceptors (Lipinski definition) is 3. The second-order valence-electron chi connectivity index (χ2n) is 3.37.